The molecular weight excluding hydrogens is 502 g/mol. The Morgan fingerprint density at radius 1 is 0.872 bits per heavy atom. The number of aromatic nitrogens is 1. The first-order valence-electron chi connectivity index (χ1n) is 11.9. The van der Waals surface area contributed by atoms with Crippen LogP contribution < -0.4 is 10.0 Å². The van der Waals surface area contributed by atoms with Crippen molar-refractivity contribution in [1.29, 1.82) is 0 Å². The number of carboxylic acids is 1. The van der Waals surface area contributed by atoms with Gasteiger partial charge in [0, 0.05) is 22.7 Å². The molecule has 5 rings (SSSR count). The number of phenolic OH excluding ortho intramolecular Hbond substituents is 1. The number of methoxy groups -OCH3 is 1. The lowest BCUT2D eigenvalue weighted by Gasteiger charge is -2.27. The zero-order valence-electron chi connectivity index (χ0n) is 20.9. The molecule has 4 aromatic rings. The van der Waals surface area contributed by atoms with Gasteiger partial charge in [-0.25, -0.2) is 19.6 Å². The van der Waals surface area contributed by atoms with Crippen LogP contribution in [0.2, 0.25) is 0 Å². The smallest absolute Gasteiger partial charge is 0.335 e. The van der Waals surface area contributed by atoms with Gasteiger partial charge in [0.25, 0.3) is 11.8 Å². The Morgan fingerprint density at radius 3 is 2.00 bits per heavy atom. The number of benzene rings is 3. The largest absolute Gasteiger partial charge is 0.508 e. The molecule has 2 heterocycles. The van der Waals surface area contributed by atoms with Gasteiger partial charge in [-0.1, -0.05) is 18.2 Å². The molecule has 1 atom stereocenters. The SMILES string of the molecule is COC(=O)C(C)n1cc(C=C2C(=O)N(c3ccc(O)cc3)N(c3ccc(C(=O)O)cc3)C2=O)c2ccccc21. The van der Waals surface area contributed by atoms with Crippen molar-refractivity contribution in [2.45, 2.75) is 13.0 Å². The van der Waals surface area contributed by atoms with Crippen LogP contribution in [0.5, 0.6) is 5.75 Å². The first-order valence-corrected chi connectivity index (χ1v) is 11.9. The molecule has 3 aromatic carbocycles. The maximum absolute atomic E-state index is 13.8. The highest BCUT2D eigenvalue weighted by atomic mass is 16.5. The number of fused-ring (bicyclic) bond motifs is 1. The number of ether oxygens (including phenoxy) is 1. The Hall–Kier alpha value is -5.38. The van der Waals surface area contributed by atoms with Crippen LogP contribution in [0.3, 0.4) is 0 Å². The van der Waals surface area contributed by atoms with E-state index in [9.17, 15) is 29.4 Å². The molecule has 1 aliphatic heterocycles. The van der Waals surface area contributed by atoms with E-state index in [2.05, 4.69) is 0 Å². The number of anilines is 2. The van der Waals surface area contributed by atoms with Gasteiger partial charge in [0.2, 0.25) is 0 Å². The first kappa shape index (κ1) is 25.3. The minimum atomic E-state index is -1.13. The normalized spacial score (nSPS) is 15.3. The highest BCUT2D eigenvalue weighted by Gasteiger charge is 2.43. The number of rotatable bonds is 6. The van der Waals surface area contributed by atoms with Crippen molar-refractivity contribution in [2.75, 3.05) is 17.1 Å². The van der Waals surface area contributed by atoms with E-state index < -0.39 is 29.8 Å². The van der Waals surface area contributed by atoms with E-state index in [1.54, 1.807) is 17.7 Å². The highest BCUT2D eigenvalue weighted by molar-refractivity contribution is 6.38. The Kier molecular flexibility index (Phi) is 6.37. The Morgan fingerprint density at radius 2 is 1.44 bits per heavy atom. The first-order chi connectivity index (χ1) is 18.7. The molecule has 0 radical (unpaired) electrons. The average Bonchev–Trinajstić information content (AvgIpc) is 3.43. The molecule has 1 aromatic heterocycles. The van der Waals surface area contributed by atoms with Crippen molar-refractivity contribution in [2.24, 2.45) is 0 Å². The van der Waals surface area contributed by atoms with Crippen molar-refractivity contribution in [1.82, 2.24) is 4.57 Å². The average molecular weight is 526 g/mol. The van der Waals surface area contributed by atoms with Gasteiger partial charge in [-0.2, -0.15) is 0 Å². The van der Waals surface area contributed by atoms with Crippen LogP contribution >= 0.6 is 0 Å². The van der Waals surface area contributed by atoms with Crippen LogP contribution in [0.25, 0.3) is 17.0 Å². The maximum Gasteiger partial charge on any atom is 0.335 e. The summed E-state index contributed by atoms with van der Waals surface area (Å²) in [6, 6.07) is 18.0. The van der Waals surface area contributed by atoms with E-state index >= 15 is 0 Å². The molecule has 1 aliphatic rings. The number of para-hydroxylation sites is 1. The van der Waals surface area contributed by atoms with Crippen molar-refractivity contribution in [3.63, 3.8) is 0 Å². The van der Waals surface area contributed by atoms with E-state index in [1.165, 1.54) is 66.7 Å². The number of aromatic hydroxyl groups is 1. The number of hydrogen-bond donors (Lipinski definition) is 2. The highest BCUT2D eigenvalue weighted by Crippen LogP contribution is 2.35. The van der Waals surface area contributed by atoms with E-state index in [0.717, 1.165) is 15.9 Å². The number of carbonyl (C=O) groups is 4. The van der Waals surface area contributed by atoms with Crippen LogP contribution in [0.15, 0.2) is 84.6 Å². The third kappa shape index (κ3) is 4.37. The third-order valence-corrected chi connectivity index (χ3v) is 6.53. The molecule has 196 valence electrons. The zero-order valence-corrected chi connectivity index (χ0v) is 20.9. The number of amides is 2. The number of carboxylic acid groups (broad SMARTS) is 1. The molecule has 2 N–H and O–H groups in total. The molecule has 0 aliphatic carbocycles. The van der Waals surface area contributed by atoms with Gasteiger partial charge in [0.1, 0.15) is 17.4 Å². The summed E-state index contributed by atoms with van der Waals surface area (Å²) in [6.45, 7) is 1.69. The molecule has 0 saturated carbocycles. The third-order valence-electron chi connectivity index (χ3n) is 6.53. The lowest BCUT2D eigenvalue weighted by molar-refractivity contribution is -0.143. The number of phenols is 1. The molecule has 0 spiro atoms. The van der Waals surface area contributed by atoms with Crippen LogP contribution in [0, 0.1) is 0 Å². The monoisotopic (exact) mass is 525 g/mol. The van der Waals surface area contributed by atoms with Gasteiger partial charge in [0.15, 0.2) is 0 Å². The standard InChI is InChI=1S/C29H23N3O7/c1-17(29(38)39-2)30-16-19(23-5-3-4-6-25(23)30)15-24-26(34)31(20-9-7-18(8-10-20)28(36)37)32(27(24)35)21-11-13-22(33)14-12-21/h3-17,33H,1-2H3,(H,36,37). The summed E-state index contributed by atoms with van der Waals surface area (Å²) in [4.78, 5) is 51.1. The van der Waals surface area contributed by atoms with Gasteiger partial charge < -0.3 is 19.5 Å². The maximum atomic E-state index is 13.8. The second-order valence-corrected chi connectivity index (χ2v) is 8.87. The van der Waals surface area contributed by atoms with Gasteiger partial charge in [-0.05, 0) is 67.6 Å². The Bertz CT molecular complexity index is 1650. The van der Waals surface area contributed by atoms with Gasteiger partial charge in [-0.3, -0.25) is 9.59 Å². The fourth-order valence-corrected chi connectivity index (χ4v) is 4.54. The summed E-state index contributed by atoms with van der Waals surface area (Å²) < 4.78 is 6.62. The minimum Gasteiger partial charge on any atom is -0.508 e. The number of aromatic carboxylic acids is 1. The number of hydrogen-bond acceptors (Lipinski definition) is 6. The fourth-order valence-electron chi connectivity index (χ4n) is 4.54. The summed E-state index contributed by atoms with van der Waals surface area (Å²) in [5.74, 6) is -2.84. The van der Waals surface area contributed by atoms with Crippen molar-refractivity contribution in [3.05, 3.63) is 95.7 Å². The molecule has 39 heavy (non-hydrogen) atoms. The predicted octanol–water partition coefficient (Wildman–Crippen LogP) is 4.16. The summed E-state index contributed by atoms with van der Waals surface area (Å²) in [7, 11) is 1.30. The molecule has 10 nitrogen and oxygen atoms in total. The second kappa shape index (κ2) is 9.82. The Balaban J connectivity index is 1.65. The number of esters is 1. The van der Waals surface area contributed by atoms with E-state index in [-0.39, 0.29) is 22.6 Å². The van der Waals surface area contributed by atoms with E-state index in [1.807, 2.05) is 24.3 Å². The summed E-state index contributed by atoms with van der Waals surface area (Å²) >= 11 is 0. The summed E-state index contributed by atoms with van der Waals surface area (Å²) in [5.41, 5.74) is 1.74. The van der Waals surface area contributed by atoms with Crippen molar-refractivity contribution in [3.8, 4) is 5.75 Å². The summed E-state index contributed by atoms with van der Waals surface area (Å²) in [5, 5.41) is 22.1. The fraction of sp³-hybridized carbons (Fsp3) is 0.103. The molecular formula is C29H23N3O7. The lowest BCUT2D eigenvalue weighted by Crippen LogP contribution is -2.41. The molecule has 2 amide bonds. The minimum absolute atomic E-state index is 0.0163. The number of carbonyl (C=O) groups excluding carboxylic acids is 3. The number of hydrazine groups is 1. The van der Waals surface area contributed by atoms with Crippen LogP contribution in [0.4, 0.5) is 11.4 Å². The van der Waals surface area contributed by atoms with Crippen LogP contribution in [0.1, 0.15) is 28.9 Å². The van der Waals surface area contributed by atoms with E-state index in [0.29, 0.717) is 11.3 Å². The molecule has 1 saturated heterocycles. The van der Waals surface area contributed by atoms with Gasteiger partial charge >= 0.3 is 11.9 Å². The van der Waals surface area contributed by atoms with Crippen molar-refractivity contribution >= 4 is 52.1 Å². The molecule has 10 heteroatoms. The molecule has 1 fully saturated rings. The second-order valence-electron chi connectivity index (χ2n) is 8.87. The van der Waals surface area contributed by atoms with Gasteiger partial charge in [0.05, 0.1) is 24.0 Å². The van der Waals surface area contributed by atoms with Crippen molar-refractivity contribution < 1.29 is 34.1 Å². The zero-order chi connectivity index (χ0) is 27.8. The quantitative estimate of drug-likeness (QED) is 0.220. The molecule has 0 bridgehead atoms. The molecule has 1 unspecified atom stereocenters. The van der Waals surface area contributed by atoms with E-state index in [4.69, 9.17) is 4.74 Å². The lowest BCUT2D eigenvalue weighted by atomic mass is 10.1. The predicted molar refractivity (Wildman–Crippen MR) is 143 cm³/mol. The van der Waals surface area contributed by atoms with Crippen LogP contribution in [-0.4, -0.2) is 45.6 Å². The number of nitrogens with zero attached hydrogens (tertiary/aromatic N) is 3. The van der Waals surface area contributed by atoms with Gasteiger partial charge in [-0.15, -0.1) is 0 Å². The Labute approximate surface area is 222 Å². The van der Waals surface area contributed by atoms with Crippen LogP contribution in [-0.2, 0) is 19.1 Å². The topological polar surface area (TPSA) is 129 Å². The summed E-state index contributed by atoms with van der Waals surface area (Å²) in [6.07, 6.45) is 3.17.